The van der Waals surface area contributed by atoms with Gasteiger partial charge in [0.05, 0.1) is 0 Å². The van der Waals surface area contributed by atoms with Gasteiger partial charge in [-0.25, -0.2) is 4.40 Å². The van der Waals surface area contributed by atoms with Crippen molar-refractivity contribution in [2.24, 2.45) is 10.7 Å². The summed E-state index contributed by atoms with van der Waals surface area (Å²) in [6.45, 7) is 0. The molecular weight excluding hydrogens is 228 g/mol. The van der Waals surface area contributed by atoms with E-state index in [1.807, 2.05) is 0 Å². The van der Waals surface area contributed by atoms with E-state index in [-0.39, 0.29) is 34.7 Å². The number of hydrogen-bond donors (Lipinski definition) is 4. The van der Waals surface area contributed by atoms with Crippen LogP contribution >= 0.6 is 0 Å². The molecule has 0 fully saturated rings. The fourth-order valence-corrected chi connectivity index (χ4v) is 1.36. The van der Waals surface area contributed by atoms with Crippen LogP contribution in [0.3, 0.4) is 0 Å². The molecule has 3 rings (SSSR count). The number of aliphatic imine (C=N–C) groups is 1. The van der Waals surface area contributed by atoms with Crippen molar-refractivity contribution >= 4 is 29.6 Å². The molecule has 0 amide bonds. The number of aromatic nitrogens is 5. The number of hydrogen-bond acceptors (Lipinski definition) is 9. The average Bonchev–Trinajstić information content (AvgIpc) is 2.14. The smallest absolute Gasteiger partial charge is 0.248 e. The summed E-state index contributed by atoms with van der Waals surface area (Å²) in [6.07, 6.45) is 0. The summed E-state index contributed by atoms with van der Waals surface area (Å²) in [5.74, 6) is 0.867. The number of anilines is 2. The molecule has 88 valence electrons. The number of nitrogen functional groups attached to an aromatic ring is 1. The molecule has 1 aliphatic heterocycles. The Morgan fingerprint density at radius 2 is 1.88 bits per heavy atom. The Hall–Kier alpha value is -2.82. The first kappa shape index (κ1) is 10.7. The summed E-state index contributed by atoms with van der Waals surface area (Å²) in [5.41, 5.74) is 10.8. The molecule has 0 saturated carbocycles. The van der Waals surface area contributed by atoms with Gasteiger partial charge in [-0.2, -0.15) is 24.9 Å². The molecule has 17 heavy (non-hydrogen) atoms. The van der Waals surface area contributed by atoms with Gasteiger partial charge in [-0.3, -0.25) is 10.7 Å². The number of nitrogens with two attached hydrogens (primary N) is 2. The Bertz CT molecular complexity index is 687. The number of nitrogens with one attached hydrogen (secondary N) is 2. The molecule has 3 heterocycles. The van der Waals surface area contributed by atoms with E-state index in [1.165, 1.54) is 4.40 Å². The molecule has 11 nitrogen and oxygen atoms in total. The molecule has 0 saturated heterocycles. The standard InChI is InChI=1S/C6H6N10.H2O/c7-1-10-4-12-2(8)14-6-15-3(9)13-5(11-1)16(4)6;/h(H6,7,8,9,10,11,12,13,14,15);1H2. The third-order valence-corrected chi connectivity index (χ3v) is 1.92. The highest BCUT2D eigenvalue weighted by Gasteiger charge is 2.16. The first-order valence-corrected chi connectivity index (χ1v) is 4.23. The highest BCUT2D eigenvalue weighted by atomic mass is 16.0. The Labute approximate surface area is 93.1 Å². The first-order chi connectivity index (χ1) is 7.63. The van der Waals surface area contributed by atoms with Gasteiger partial charge in [0, 0.05) is 0 Å². The second kappa shape index (κ2) is 3.34. The van der Waals surface area contributed by atoms with Crippen molar-refractivity contribution in [3.8, 4) is 0 Å². The first-order valence-electron chi connectivity index (χ1n) is 4.23. The van der Waals surface area contributed by atoms with Gasteiger partial charge < -0.3 is 16.9 Å². The van der Waals surface area contributed by atoms with Crippen LogP contribution in [0.5, 0.6) is 0 Å². The maximum atomic E-state index is 7.38. The van der Waals surface area contributed by atoms with Crippen LogP contribution in [0.15, 0.2) is 4.99 Å². The molecule has 1 aliphatic rings. The highest BCUT2D eigenvalue weighted by Crippen LogP contribution is 2.17. The van der Waals surface area contributed by atoms with Crippen molar-refractivity contribution in [1.29, 1.82) is 5.41 Å². The van der Waals surface area contributed by atoms with Crippen molar-refractivity contribution in [3.63, 3.8) is 0 Å². The van der Waals surface area contributed by atoms with Crippen LogP contribution in [-0.2, 0) is 0 Å². The molecule has 2 aromatic rings. The quantitative estimate of drug-likeness (QED) is 0.378. The van der Waals surface area contributed by atoms with E-state index in [2.05, 4.69) is 30.2 Å². The zero-order valence-corrected chi connectivity index (χ0v) is 8.34. The minimum absolute atomic E-state index is 0. The Morgan fingerprint density at radius 3 is 2.65 bits per heavy atom. The van der Waals surface area contributed by atoms with Crippen LogP contribution < -0.4 is 22.4 Å². The van der Waals surface area contributed by atoms with Crippen molar-refractivity contribution in [3.05, 3.63) is 5.62 Å². The normalized spacial score (nSPS) is 12.6. The van der Waals surface area contributed by atoms with Crippen LogP contribution in [0.4, 0.5) is 17.8 Å². The lowest BCUT2D eigenvalue weighted by Crippen LogP contribution is -2.30. The SMILES string of the molecule is N=c1nc2n3c(nc(N)nc3n1)NC(N)=N2.O. The van der Waals surface area contributed by atoms with Gasteiger partial charge in [-0.1, -0.05) is 0 Å². The fourth-order valence-electron chi connectivity index (χ4n) is 1.36. The highest BCUT2D eigenvalue weighted by molar-refractivity contribution is 5.94. The summed E-state index contributed by atoms with van der Waals surface area (Å²) in [4.78, 5) is 19.3. The van der Waals surface area contributed by atoms with E-state index in [0.717, 1.165) is 0 Å². The third kappa shape index (κ3) is 1.50. The lowest BCUT2D eigenvalue weighted by Gasteiger charge is -2.14. The van der Waals surface area contributed by atoms with Crippen LogP contribution in [0.1, 0.15) is 0 Å². The molecular formula is C6H8N10O. The van der Waals surface area contributed by atoms with Crippen molar-refractivity contribution < 1.29 is 5.48 Å². The lowest BCUT2D eigenvalue weighted by atomic mass is 10.7. The lowest BCUT2D eigenvalue weighted by molar-refractivity contribution is 0.824. The van der Waals surface area contributed by atoms with Gasteiger partial charge in [0.2, 0.25) is 35.2 Å². The largest absolute Gasteiger partial charge is 0.412 e. The van der Waals surface area contributed by atoms with Gasteiger partial charge in [0.1, 0.15) is 0 Å². The minimum Gasteiger partial charge on any atom is -0.412 e. The summed E-state index contributed by atoms with van der Waals surface area (Å²) < 4.78 is 1.42. The van der Waals surface area contributed by atoms with Crippen LogP contribution in [0.2, 0.25) is 0 Å². The Kier molecular flexibility index (Phi) is 2.10. The zero-order valence-electron chi connectivity index (χ0n) is 8.34. The van der Waals surface area contributed by atoms with E-state index in [4.69, 9.17) is 16.9 Å². The summed E-state index contributed by atoms with van der Waals surface area (Å²) >= 11 is 0. The third-order valence-electron chi connectivity index (χ3n) is 1.92. The van der Waals surface area contributed by atoms with Gasteiger partial charge in [0.25, 0.3) is 0 Å². The Balaban J connectivity index is 0.00000108. The van der Waals surface area contributed by atoms with Crippen molar-refractivity contribution in [2.75, 3.05) is 11.1 Å². The molecule has 8 N–H and O–H groups in total. The second-order valence-corrected chi connectivity index (χ2v) is 3.01. The molecule has 0 bridgehead atoms. The van der Waals surface area contributed by atoms with Gasteiger partial charge in [-0.05, 0) is 0 Å². The number of nitrogens with zero attached hydrogens (tertiary/aromatic N) is 6. The summed E-state index contributed by atoms with van der Waals surface area (Å²) in [7, 11) is 0. The van der Waals surface area contributed by atoms with E-state index < -0.39 is 0 Å². The molecule has 0 atom stereocenters. The predicted molar refractivity (Wildman–Crippen MR) is 57.4 cm³/mol. The Morgan fingerprint density at radius 1 is 1.12 bits per heavy atom. The minimum atomic E-state index is -0.211. The maximum absolute atomic E-state index is 7.38. The van der Waals surface area contributed by atoms with Crippen LogP contribution in [-0.4, -0.2) is 35.8 Å². The molecule has 0 aliphatic carbocycles. The summed E-state index contributed by atoms with van der Waals surface area (Å²) in [5, 5.41) is 10.1. The summed E-state index contributed by atoms with van der Waals surface area (Å²) in [6, 6.07) is 0. The van der Waals surface area contributed by atoms with E-state index in [1.54, 1.807) is 0 Å². The van der Waals surface area contributed by atoms with Crippen molar-refractivity contribution in [2.45, 2.75) is 0 Å². The molecule has 11 heteroatoms. The monoisotopic (exact) mass is 236 g/mol. The molecule has 0 unspecified atom stereocenters. The predicted octanol–water partition coefficient (Wildman–Crippen LogP) is -2.87. The van der Waals surface area contributed by atoms with Crippen molar-refractivity contribution in [1.82, 2.24) is 24.3 Å². The topological polar surface area (TPSA) is 188 Å². The van der Waals surface area contributed by atoms with E-state index in [0.29, 0.717) is 5.95 Å². The molecule has 0 radical (unpaired) electrons. The second-order valence-electron chi connectivity index (χ2n) is 3.01. The molecule has 0 aromatic carbocycles. The van der Waals surface area contributed by atoms with Gasteiger partial charge in [-0.15, -0.1) is 0 Å². The number of guanidine groups is 1. The average molecular weight is 236 g/mol. The molecule has 2 aromatic heterocycles. The van der Waals surface area contributed by atoms with E-state index >= 15 is 0 Å². The number of rotatable bonds is 0. The van der Waals surface area contributed by atoms with Gasteiger partial charge >= 0.3 is 0 Å². The fraction of sp³-hybridized carbons (Fsp3) is 0. The van der Waals surface area contributed by atoms with Crippen LogP contribution in [0.25, 0.3) is 5.78 Å². The van der Waals surface area contributed by atoms with Gasteiger partial charge in [0.15, 0.2) is 0 Å². The zero-order chi connectivity index (χ0) is 11.3. The maximum Gasteiger partial charge on any atom is 0.248 e. The molecule has 0 spiro atoms. The van der Waals surface area contributed by atoms with E-state index in [9.17, 15) is 0 Å². The van der Waals surface area contributed by atoms with Crippen LogP contribution in [0, 0.1) is 5.41 Å².